The van der Waals surface area contributed by atoms with Gasteiger partial charge in [-0.25, -0.2) is 8.78 Å². The zero-order valence-electron chi connectivity index (χ0n) is 8.00. The zero-order chi connectivity index (χ0) is 10.8. The highest BCUT2D eigenvalue weighted by Gasteiger charge is 2.15. The van der Waals surface area contributed by atoms with Crippen LogP contribution in [0.1, 0.15) is 5.56 Å². The predicted molar refractivity (Wildman–Crippen MR) is 53.2 cm³/mol. The van der Waals surface area contributed by atoms with Crippen LogP contribution in [0.5, 0.6) is 0 Å². The summed E-state index contributed by atoms with van der Waals surface area (Å²) in [5.74, 6) is -0.953. The topological polar surface area (TPSA) is 32.3 Å². The first-order chi connectivity index (χ1) is 7.16. The Hall–Kier alpha value is -1.26. The van der Waals surface area contributed by atoms with Crippen LogP contribution in [0.2, 0.25) is 0 Å². The van der Waals surface area contributed by atoms with Gasteiger partial charge in [-0.15, -0.1) is 0 Å². The first-order valence-electron chi connectivity index (χ1n) is 4.72. The molecule has 4 heteroatoms. The van der Waals surface area contributed by atoms with E-state index in [0.29, 0.717) is 18.7 Å². The van der Waals surface area contributed by atoms with E-state index in [1.165, 1.54) is 0 Å². The monoisotopic (exact) mass is 211 g/mol. The summed E-state index contributed by atoms with van der Waals surface area (Å²) >= 11 is 0. The molecule has 0 bridgehead atoms. The van der Waals surface area contributed by atoms with Gasteiger partial charge in [0.25, 0.3) is 0 Å². The molecule has 2 rings (SSSR count). The summed E-state index contributed by atoms with van der Waals surface area (Å²) in [4.78, 5) is 0. The Morgan fingerprint density at radius 1 is 1.33 bits per heavy atom. The van der Waals surface area contributed by atoms with Crippen LogP contribution in [0.3, 0.4) is 0 Å². The molecule has 1 heterocycles. The number of nitrogens with one attached hydrogen (secondary N) is 1. The van der Waals surface area contributed by atoms with Crippen molar-refractivity contribution in [1.82, 2.24) is 5.32 Å². The van der Waals surface area contributed by atoms with E-state index in [-0.39, 0.29) is 5.56 Å². The maximum absolute atomic E-state index is 13.4. The van der Waals surface area contributed by atoms with Crippen molar-refractivity contribution in [2.24, 2.45) is 0 Å². The van der Waals surface area contributed by atoms with Gasteiger partial charge in [-0.3, -0.25) is 0 Å². The van der Waals surface area contributed by atoms with E-state index in [1.54, 1.807) is 6.08 Å². The minimum atomic E-state index is -0.642. The normalized spacial score (nSPS) is 21.3. The third-order valence-corrected chi connectivity index (χ3v) is 2.34. The first kappa shape index (κ1) is 10.3. The van der Waals surface area contributed by atoms with Crippen LogP contribution in [0.25, 0.3) is 5.57 Å². The predicted octanol–water partition coefficient (Wildman–Crippen LogP) is 1.31. The molecule has 0 saturated heterocycles. The standard InChI is InChI=1S/C11H11F2NO/c12-8-1-2-11(13)10(4-8)7-3-9(15)6-14-5-7/h1-4,9,14-15H,5-6H2. The average molecular weight is 211 g/mol. The summed E-state index contributed by atoms with van der Waals surface area (Å²) in [7, 11) is 0. The Bertz CT molecular complexity index is 404. The van der Waals surface area contributed by atoms with Crippen LogP contribution < -0.4 is 5.32 Å². The number of aliphatic hydroxyl groups excluding tert-OH is 1. The summed E-state index contributed by atoms with van der Waals surface area (Å²) in [5.41, 5.74) is 0.798. The van der Waals surface area contributed by atoms with Gasteiger partial charge in [0.15, 0.2) is 0 Å². The molecule has 0 radical (unpaired) electrons. The highest BCUT2D eigenvalue weighted by molar-refractivity contribution is 5.68. The van der Waals surface area contributed by atoms with Gasteiger partial charge >= 0.3 is 0 Å². The maximum Gasteiger partial charge on any atom is 0.130 e. The third kappa shape index (κ3) is 2.22. The molecule has 1 aromatic rings. The Labute approximate surface area is 86.2 Å². The molecule has 15 heavy (non-hydrogen) atoms. The average Bonchev–Trinajstić information content (AvgIpc) is 2.22. The Morgan fingerprint density at radius 2 is 2.13 bits per heavy atom. The van der Waals surface area contributed by atoms with Crippen molar-refractivity contribution in [3.05, 3.63) is 41.5 Å². The van der Waals surface area contributed by atoms with Crippen LogP contribution >= 0.6 is 0 Å². The smallest absolute Gasteiger partial charge is 0.130 e. The SMILES string of the molecule is OC1C=C(c2cc(F)ccc2F)CNC1. The Kier molecular flexibility index (Phi) is 2.79. The molecular weight excluding hydrogens is 200 g/mol. The maximum atomic E-state index is 13.4. The van der Waals surface area contributed by atoms with Crippen molar-refractivity contribution >= 4 is 5.57 Å². The van der Waals surface area contributed by atoms with Gasteiger partial charge in [0, 0.05) is 18.7 Å². The second-order valence-electron chi connectivity index (χ2n) is 3.51. The quantitative estimate of drug-likeness (QED) is 0.734. The molecule has 1 aliphatic heterocycles. The highest BCUT2D eigenvalue weighted by Crippen LogP contribution is 2.21. The van der Waals surface area contributed by atoms with E-state index in [1.807, 2.05) is 0 Å². The summed E-state index contributed by atoms with van der Waals surface area (Å²) in [5, 5.41) is 12.3. The summed E-state index contributed by atoms with van der Waals surface area (Å²) in [6, 6.07) is 3.31. The molecular formula is C11H11F2NO. The third-order valence-electron chi connectivity index (χ3n) is 2.34. The zero-order valence-corrected chi connectivity index (χ0v) is 8.00. The van der Waals surface area contributed by atoms with Crippen LogP contribution in [-0.4, -0.2) is 24.3 Å². The van der Waals surface area contributed by atoms with Crippen molar-refractivity contribution in [3.8, 4) is 0 Å². The van der Waals surface area contributed by atoms with Crippen LogP contribution in [0.15, 0.2) is 24.3 Å². The minimum absolute atomic E-state index is 0.209. The Balaban J connectivity index is 2.40. The van der Waals surface area contributed by atoms with E-state index in [4.69, 9.17) is 0 Å². The van der Waals surface area contributed by atoms with Crippen LogP contribution in [0, 0.1) is 11.6 Å². The Morgan fingerprint density at radius 3 is 2.87 bits per heavy atom. The molecule has 0 aromatic heterocycles. The summed E-state index contributed by atoms with van der Waals surface area (Å²) < 4.78 is 26.3. The second-order valence-corrected chi connectivity index (χ2v) is 3.51. The lowest BCUT2D eigenvalue weighted by atomic mass is 10.0. The van der Waals surface area contributed by atoms with Gasteiger partial charge in [0.2, 0.25) is 0 Å². The first-order valence-corrected chi connectivity index (χ1v) is 4.72. The highest BCUT2D eigenvalue weighted by atomic mass is 19.1. The molecule has 0 aliphatic carbocycles. The second kappa shape index (κ2) is 4.08. The fourth-order valence-electron chi connectivity index (χ4n) is 1.63. The molecule has 1 unspecified atom stereocenters. The molecule has 0 saturated carbocycles. The van der Waals surface area contributed by atoms with E-state index in [9.17, 15) is 13.9 Å². The lowest BCUT2D eigenvalue weighted by Gasteiger charge is -2.19. The number of aliphatic hydroxyl groups is 1. The van der Waals surface area contributed by atoms with Crippen LogP contribution in [0.4, 0.5) is 8.78 Å². The number of halogens is 2. The van der Waals surface area contributed by atoms with Gasteiger partial charge < -0.3 is 10.4 Å². The molecule has 0 amide bonds. The molecule has 1 aromatic carbocycles. The van der Waals surface area contributed by atoms with Crippen molar-refractivity contribution in [3.63, 3.8) is 0 Å². The van der Waals surface area contributed by atoms with Gasteiger partial charge in [-0.05, 0) is 29.8 Å². The van der Waals surface area contributed by atoms with Gasteiger partial charge in [-0.1, -0.05) is 0 Å². The van der Waals surface area contributed by atoms with Crippen molar-refractivity contribution in [2.75, 3.05) is 13.1 Å². The molecule has 80 valence electrons. The summed E-state index contributed by atoms with van der Waals surface area (Å²) in [6.45, 7) is 0.887. The van der Waals surface area contributed by atoms with E-state index in [2.05, 4.69) is 5.32 Å². The molecule has 1 atom stereocenters. The molecule has 1 aliphatic rings. The number of benzene rings is 1. The van der Waals surface area contributed by atoms with Gasteiger partial charge in [-0.2, -0.15) is 0 Å². The fourth-order valence-corrected chi connectivity index (χ4v) is 1.63. The van der Waals surface area contributed by atoms with Crippen LogP contribution in [-0.2, 0) is 0 Å². The van der Waals surface area contributed by atoms with Gasteiger partial charge in [0.1, 0.15) is 11.6 Å². The number of hydrogen-bond donors (Lipinski definition) is 2. The number of rotatable bonds is 1. The molecule has 0 fully saturated rings. The lowest BCUT2D eigenvalue weighted by Crippen LogP contribution is -2.32. The van der Waals surface area contributed by atoms with E-state index < -0.39 is 17.7 Å². The van der Waals surface area contributed by atoms with Gasteiger partial charge in [0.05, 0.1) is 6.10 Å². The molecule has 2 N–H and O–H groups in total. The van der Waals surface area contributed by atoms with Crippen molar-refractivity contribution < 1.29 is 13.9 Å². The minimum Gasteiger partial charge on any atom is -0.388 e. The number of β-amino-alcohol motifs (C(OH)–C–C–N with tert-alkyl or cyclic N) is 1. The fraction of sp³-hybridized carbons (Fsp3) is 0.273. The van der Waals surface area contributed by atoms with Crippen molar-refractivity contribution in [2.45, 2.75) is 6.10 Å². The molecule has 2 nitrogen and oxygen atoms in total. The molecule has 0 spiro atoms. The van der Waals surface area contributed by atoms with E-state index >= 15 is 0 Å². The lowest BCUT2D eigenvalue weighted by molar-refractivity contribution is 0.217. The van der Waals surface area contributed by atoms with Crippen molar-refractivity contribution in [1.29, 1.82) is 0 Å². The van der Waals surface area contributed by atoms with E-state index in [0.717, 1.165) is 18.2 Å². The largest absolute Gasteiger partial charge is 0.388 e. The summed E-state index contributed by atoms with van der Waals surface area (Å²) in [6.07, 6.45) is 0.908. The number of hydrogen-bond acceptors (Lipinski definition) is 2.